The van der Waals surface area contributed by atoms with Gasteiger partial charge in [-0.25, -0.2) is 8.78 Å². The van der Waals surface area contributed by atoms with Crippen LogP contribution in [0.15, 0.2) is 16.6 Å². The lowest BCUT2D eigenvalue weighted by Gasteiger charge is -2.16. The minimum absolute atomic E-state index is 0.120. The first-order valence-corrected chi connectivity index (χ1v) is 6.89. The van der Waals surface area contributed by atoms with E-state index in [0.717, 1.165) is 31.9 Å². The van der Waals surface area contributed by atoms with Gasteiger partial charge in [-0.3, -0.25) is 0 Å². The summed E-state index contributed by atoms with van der Waals surface area (Å²) in [6.45, 7) is 0.793. The van der Waals surface area contributed by atoms with Crippen molar-refractivity contribution in [1.29, 1.82) is 0 Å². The van der Waals surface area contributed by atoms with E-state index in [2.05, 4.69) is 15.9 Å². The summed E-state index contributed by atoms with van der Waals surface area (Å²) >= 11 is 2.95. The lowest BCUT2D eigenvalue weighted by atomic mass is 9.99. The molecule has 1 aromatic rings. The maximum atomic E-state index is 13.7. The number of nitrogens with two attached hydrogens (primary N) is 1. The SMILES string of the molecule is NC(CCC1CCCO1)c1cc(F)c(Br)cc1F. The third-order valence-corrected chi connectivity index (χ3v) is 3.87. The smallest absolute Gasteiger partial charge is 0.137 e. The van der Waals surface area contributed by atoms with Crippen molar-refractivity contribution in [3.63, 3.8) is 0 Å². The molecule has 0 saturated carbocycles. The highest BCUT2D eigenvalue weighted by Crippen LogP contribution is 2.27. The average Bonchev–Trinajstić information content (AvgIpc) is 2.84. The quantitative estimate of drug-likeness (QED) is 0.859. The van der Waals surface area contributed by atoms with Crippen LogP contribution in [-0.2, 0) is 4.74 Å². The molecule has 100 valence electrons. The predicted octanol–water partition coefficient (Wildman–Crippen LogP) is 3.69. The number of ether oxygens (including phenoxy) is 1. The highest BCUT2D eigenvalue weighted by Gasteiger charge is 2.19. The largest absolute Gasteiger partial charge is 0.378 e. The van der Waals surface area contributed by atoms with Crippen LogP contribution in [0.3, 0.4) is 0 Å². The van der Waals surface area contributed by atoms with Crippen molar-refractivity contribution in [3.05, 3.63) is 33.8 Å². The molecule has 0 radical (unpaired) electrons. The average molecular weight is 320 g/mol. The fraction of sp³-hybridized carbons (Fsp3) is 0.538. The molecule has 0 amide bonds. The van der Waals surface area contributed by atoms with Crippen molar-refractivity contribution in [1.82, 2.24) is 0 Å². The lowest BCUT2D eigenvalue weighted by Crippen LogP contribution is -2.16. The topological polar surface area (TPSA) is 35.2 Å². The zero-order valence-corrected chi connectivity index (χ0v) is 11.6. The van der Waals surface area contributed by atoms with Gasteiger partial charge < -0.3 is 10.5 Å². The molecular weight excluding hydrogens is 304 g/mol. The second-order valence-electron chi connectivity index (χ2n) is 4.61. The molecule has 1 aromatic carbocycles. The van der Waals surface area contributed by atoms with E-state index in [0.29, 0.717) is 6.42 Å². The van der Waals surface area contributed by atoms with Crippen molar-refractivity contribution in [2.45, 2.75) is 37.8 Å². The van der Waals surface area contributed by atoms with E-state index in [4.69, 9.17) is 10.5 Å². The van der Waals surface area contributed by atoms with Crippen LogP contribution in [0.5, 0.6) is 0 Å². The van der Waals surface area contributed by atoms with E-state index in [1.54, 1.807) is 0 Å². The summed E-state index contributed by atoms with van der Waals surface area (Å²) in [5, 5.41) is 0. The van der Waals surface area contributed by atoms with Crippen molar-refractivity contribution in [2.75, 3.05) is 6.61 Å². The maximum Gasteiger partial charge on any atom is 0.137 e. The van der Waals surface area contributed by atoms with Crippen LogP contribution >= 0.6 is 15.9 Å². The van der Waals surface area contributed by atoms with Crippen molar-refractivity contribution >= 4 is 15.9 Å². The summed E-state index contributed by atoms with van der Waals surface area (Å²) in [7, 11) is 0. The van der Waals surface area contributed by atoms with Crippen LogP contribution in [0, 0.1) is 11.6 Å². The van der Waals surface area contributed by atoms with E-state index in [-0.39, 0.29) is 16.1 Å². The molecule has 0 aliphatic carbocycles. The van der Waals surface area contributed by atoms with Crippen LogP contribution in [-0.4, -0.2) is 12.7 Å². The van der Waals surface area contributed by atoms with Crippen LogP contribution < -0.4 is 5.73 Å². The van der Waals surface area contributed by atoms with Crippen LogP contribution in [0.4, 0.5) is 8.78 Å². The number of benzene rings is 1. The molecule has 1 saturated heterocycles. The first-order valence-electron chi connectivity index (χ1n) is 6.09. The maximum absolute atomic E-state index is 13.7. The first-order chi connectivity index (χ1) is 8.58. The third-order valence-electron chi connectivity index (χ3n) is 3.26. The second-order valence-corrected chi connectivity index (χ2v) is 5.46. The predicted molar refractivity (Wildman–Crippen MR) is 69.2 cm³/mol. The van der Waals surface area contributed by atoms with Gasteiger partial charge in [0.15, 0.2) is 0 Å². The van der Waals surface area contributed by atoms with Gasteiger partial charge in [-0.15, -0.1) is 0 Å². The van der Waals surface area contributed by atoms with Crippen LogP contribution in [0.1, 0.15) is 37.3 Å². The van der Waals surface area contributed by atoms with Gasteiger partial charge >= 0.3 is 0 Å². The summed E-state index contributed by atoms with van der Waals surface area (Å²) in [5.41, 5.74) is 6.15. The molecular formula is C13H16BrF2NO. The third kappa shape index (κ3) is 3.28. The molecule has 1 aliphatic heterocycles. The van der Waals surface area contributed by atoms with E-state index < -0.39 is 17.7 Å². The highest BCUT2D eigenvalue weighted by molar-refractivity contribution is 9.10. The van der Waals surface area contributed by atoms with Gasteiger partial charge in [0.25, 0.3) is 0 Å². The van der Waals surface area contributed by atoms with Gasteiger partial charge in [0.05, 0.1) is 10.6 Å². The van der Waals surface area contributed by atoms with Gasteiger partial charge in [-0.2, -0.15) is 0 Å². The number of hydrogen-bond acceptors (Lipinski definition) is 2. The van der Waals surface area contributed by atoms with Gasteiger partial charge in [0.2, 0.25) is 0 Å². The Morgan fingerprint density at radius 3 is 2.83 bits per heavy atom. The van der Waals surface area contributed by atoms with E-state index in [9.17, 15) is 8.78 Å². The first kappa shape index (κ1) is 13.9. The van der Waals surface area contributed by atoms with Gasteiger partial charge in [0.1, 0.15) is 11.6 Å². The van der Waals surface area contributed by atoms with E-state index in [1.807, 2.05) is 0 Å². The van der Waals surface area contributed by atoms with Gasteiger partial charge in [-0.05, 0) is 53.7 Å². The fourth-order valence-corrected chi connectivity index (χ4v) is 2.53. The molecule has 0 bridgehead atoms. The molecule has 5 heteroatoms. The molecule has 1 aliphatic rings. The summed E-state index contributed by atoms with van der Waals surface area (Å²) in [5.74, 6) is -0.956. The molecule has 2 atom stereocenters. The van der Waals surface area contributed by atoms with Crippen molar-refractivity contribution in [3.8, 4) is 0 Å². The van der Waals surface area contributed by atoms with Gasteiger partial charge in [0, 0.05) is 18.2 Å². The summed E-state index contributed by atoms with van der Waals surface area (Å²) in [4.78, 5) is 0. The number of rotatable bonds is 4. The standard InChI is InChI=1S/C13H16BrF2NO/c14-10-7-11(15)9(6-12(10)16)13(17)4-3-8-2-1-5-18-8/h6-8,13H,1-5,17H2. The minimum Gasteiger partial charge on any atom is -0.378 e. The van der Waals surface area contributed by atoms with Crippen LogP contribution in [0.2, 0.25) is 0 Å². The molecule has 0 aromatic heterocycles. The molecule has 2 unspecified atom stereocenters. The molecule has 2 rings (SSSR count). The Labute approximate surface area is 114 Å². The summed E-state index contributed by atoms with van der Waals surface area (Å²) in [6.07, 6.45) is 3.71. The Hall–Kier alpha value is -0.520. The Balaban J connectivity index is 1.99. The van der Waals surface area contributed by atoms with E-state index >= 15 is 0 Å². The highest BCUT2D eigenvalue weighted by atomic mass is 79.9. The number of halogens is 3. The minimum atomic E-state index is -0.489. The molecule has 1 fully saturated rings. The van der Waals surface area contributed by atoms with Crippen LogP contribution in [0.25, 0.3) is 0 Å². The molecule has 0 spiro atoms. The zero-order chi connectivity index (χ0) is 13.1. The second kappa shape index (κ2) is 6.08. The molecule has 1 heterocycles. The Morgan fingerprint density at radius 2 is 2.17 bits per heavy atom. The molecule has 2 N–H and O–H groups in total. The summed E-state index contributed by atoms with van der Waals surface area (Å²) in [6, 6.07) is 1.80. The fourth-order valence-electron chi connectivity index (χ4n) is 2.22. The van der Waals surface area contributed by atoms with E-state index in [1.165, 1.54) is 6.07 Å². The normalized spacial score (nSPS) is 21.2. The number of hydrogen-bond donors (Lipinski definition) is 1. The molecule has 18 heavy (non-hydrogen) atoms. The van der Waals surface area contributed by atoms with Gasteiger partial charge in [-0.1, -0.05) is 0 Å². The lowest BCUT2D eigenvalue weighted by molar-refractivity contribution is 0.101. The zero-order valence-electron chi connectivity index (χ0n) is 9.96. The molecule has 2 nitrogen and oxygen atoms in total. The monoisotopic (exact) mass is 319 g/mol. The Bertz CT molecular complexity index is 422. The van der Waals surface area contributed by atoms with Crippen molar-refractivity contribution < 1.29 is 13.5 Å². The summed E-state index contributed by atoms with van der Waals surface area (Å²) < 4.78 is 32.6. The Kier molecular flexibility index (Phi) is 4.70. The van der Waals surface area contributed by atoms with Crippen molar-refractivity contribution in [2.24, 2.45) is 5.73 Å². The Morgan fingerprint density at radius 1 is 1.39 bits per heavy atom.